The molecule has 1 aromatic carbocycles. The number of aromatic nitrogens is 2. The first-order valence-corrected chi connectivity index (χ1v) is 9.01. The van der Waals surface area contributed by atoms with E-state index in [9.17, 15) is 4.79 Å². The first-order valence-electron chi connectivity index (χ1n) is 7.84. The largest absolute Gasteiger partial charge is 0.495 e. The number of anilines is 2. The normalized spacial score (nSPS) is 10.6. The van der Waals surface area contributed by atoms with Crippen LogP contribution in [0.1, 0.15) is 6.42 Å². The van der Waals surface area contributed by atoms with Crippen LogP contribution in [0.15, 0.2) is 47.2 Å². The minimum absolute atomic E-state index is 0.146. The van der Waals surface area contributed by atoms with Gasteiger partial charge in [0.05, 0.1) is 24.0 Å². The number of carbonyl (C=O) groups excluding carboxylic acids is 1. The summed E-state index contributed by atoms with van der Waals surface area (Å²) in [6, 6.07) is 8.80. The van der Waals surface area contributed by atoms with E-state index in [4.69, 9.17) is 16.3 Å². The lowest BCUT2D eigenvalue weighted by molar-refractivity contribution is -0.116. The quantitative estimate of drug-likeness (QED) is 0.596. The maximum atomic E-state index is 12.2. The van der Waals surface area contributed by atoms with Gasteiger partial charge in [-0.3, -0.25) is 14.8 Å². The lowest BCUT2D eigenvalue weighted by atomic mass is 10.2. The molecular formula is C18H16BrClN4O2. The molecule has 0 saturated heterocycles. The SMILES string of the molecule is COc1ccc(Cl)cc1NC(=O)CCNc1ccnc2cc(Br)cnc12. The maximum absolute atomic E-state index is 12.2. The summed E-state index contributed by atoms with van der Waals surface area (Å²) < 4.78 is 6.09. The van der Waals surface area contributed by atoms with Crippen molar-refractivity contribution in [2.75, 3.05) is 24.3 Å². The summed E-state index contributed by atoms with van der Waals surface area (Å²) in [5, 5.41) is 6.57. The molecule has 0 aliphatic rings. The lowest BCUT2D eigenvalue weighted by Gasteiger charge is -2.11. The standard InChI is InChI=1S/C18H16BrClN4O2/c1-26-16-3-2-12(20)9-14(16)24-17(25)5-7-21-13-4-6-22-15-8-11(19)10-23-18(13)15/h2-4,6,8-10H,5,7H2,1H3,(H,21,22)(H,24,25). The van der Waals surface area contributed by atoms with Crippen molar-refractivity contribution in [2.45, 2.75) is 6.42 Å². The van der Waals surface area contributed by atoms with E-state index in [0.717, 1.165) is 21.2 Å². The fourth-order valence-corrected chi connectivity index (χ4v) is 2.94. The van der Waals surface area contributed by atoms with E-state index in [1.807, 2.05) is 12.1 Å². The van der Waals surface area contributed by atoms with E-state index >= 15 is 0 Å². The Morgan fingerprint density at radius 3 is 2.88 bits per heavy atom. The molecule has 3 rings (SSSR count). The fraction of sp³-hybridized carbons (Fsp3) is 0.167. The van der Waals surface area contributed by atoms with Crippen LogP contribution in [-0.2, 0) is 4.79 Å². The Hall–Kier alpha value is -2.38. The van der Waals surface area contributed by atoms with Crippen LogP contribution in [0.25, 0.3) is 11.0 Å². The van der Waals surface area contributed by atoms with Crippen LogP contribution in [0, 0.1) is 0 Å². The van der Waals surface area contributed by atoms with Gasteiger partial charge in [-0.25, -0.2) is 0 Å². The number of carbonyl (C=O) groups is 1. The van der Waals surface area contributed by atoms with Gasteiger partial charge >= 0.3 is 0 Å². The van der Waals surface area contributed by atoms with E-state index in [1.54, 1.807) is 37.7 Å². The van der Waals surface area contributed by atoms with Gasteiger partial charge in [0.15, 0.2) is 0 Å². The van der Waals surface area contributed by atoms with Gasteiger partial charge in [-0.1, -0.05) is 11.6 Å². The average Bonchev–Trinajstić information content (AvgIpc) is 2.61. The van der Waals surface area contributed by atoms with Crippen molar-refractivity contribution >= 4 is 55.8 Å². The molecule has 0 saturated carbocycles. The second kappa shape index (κ2) is 8.33. The fourth-order valence-electron chi connectivity index (χ4n) is 2.45. The van der Waals surface area contributed by atoms with E-state index < -0.39 is 0 Å². The zero-order valence-electron chi connectivity index (χ0n) is 13.9. The summed E-state index contributed by atoms with van der Waals surface area (Å²) >= 11 is 9.35. The number of hydrogen-bond acceptors (Lipinski definition) is 5. The molecule has 0 radical (unpaired) electrons. The van der Waals surface area contributed by atoms with E-state index in [2.05, 4.69) is 36.5 Å². The van der Waals surface area contributed by atoms with E-state index in [-0.39, 0.29) is 12.3 Å². The van der Waals surface area contributed by atoms with Crippen molar-refractivity contribution in [2.24, 2.45) is 0 Å². The number of rotatable bonds is 6. The minimum Gasteiger partial charge on any atom is -0.495 e. The molecule has 0 spiro atoms. The van der Waals surface area contributed by atoms with Crippen molar-refractivity contribution in [3.8, 4) is 5.75 Å². The van der Waals surface area contributed by atoms with Crippen molar-refractivity contribution in [3.63, 3.8) is 0 Å². The smallest absolute Gasteiger partial charge is 0.226 e. The summed E-state index contributed by atoms with van der Waals surface area (Å²) in [6.45, 7) is 0.450. The molecule has 134 valence electrons. The number of nitrogens with zero attached hydrogens (tertiary/aromatic N) is 2. The Labute approximate surface area is 164 Å². The summed E-state index contributed by atoms with van der Waals surface area (Å²) in [7, 11) is 1.54. The molecule has 2 N–H and O–H groups in total. The minimum atomic E-state index is -0.146. The average molecular weight is 436 g/mol. The maximum Gasteiger partial charge on any atom is 0.226 e. The van der Waals surface area contributed by atoms with Crippen LogP contribution in [0.2, 0.25) is 5.02 Å². The molecule has 2 aromatic heterocycles. The van der Waals surface area contributed by atoms with Crippen LogP contribution in [0.4, 0.5) is 11.4 Å². The number of ether oxygens (including phenoxy) is 1. The second-order valence-corrected chi connectivity index (χ2v) is 6.80. The Morgan fingerprint density at radius 2 is 2.08 bits per heavy atom. The van der Waals surface area contributed by atoms with Gasteiger partial charge in [0, 0.05) is 34.9 Å². The molecular weight excluding hydrogens is 420 g/mol. The first kappa shape index (κ1) is 18.4. The Balaban J connectivity index is 1.62. The number of methoxy groups -OCH3 is 1. The van der Waals surface area contributed by atoms with Crippen LogP contribution >= 0.6 is 27.5 Å². The molecule has 0 aliphatic carbocycles. The third-order valence-electron chi connectivity index (χ3n) is 3.65. The Kier molecular flexibility index (Phi) is 5.90. The second-order valence-electron chi connectivity index (χ2n) is 5.45. The van der Waals surface area contributed by atoms with Gasteiger partial charge in [-0.15, -0.1) is 0 Å². The van der Waals surface area contributed by atoms with Crippen LogP contribution < -0.4 is 15.4 Å². The van der Waals surface area contributed by atoms with Gasteiger partial charge < -0.3 is 15.4 Å². The summed E-state index contributed by atoms with van der Waals surface area (Å²) in [6.07, 6.45) is 3.69. The molecule has 0 unspecified atom stereocenters. The summed E-state index contributed by atoms with van der Waals surface area (Å²) in [5.41, 5.74) is 2.91. The molecule has 0 aliphatic heterocycles. The summed E-state index contributed by atoms with van der Waals surface area (Å²) in [4.78, 5) is 20.9. The zero-order valence-corrected chi connectivity index (χ0v) is 16.3. The van der Waals surface area contributed by atoms with Gasteiger partial charge in [-0.05, 0) is 46.3 Å². The molecule has 8 heteroatoms. The van der Waals surface area contributed by atoms with Gasteiger partial charge in [0.2, 0.25) is 5.91 Å². The third kappa shape index (κ3) is 4.42. The third-order valence-corrected chi connectivity index (χ3v) is 4.32. The molecule has 6 nitrogen and oxygen atoms in total. The monoisotopic (exact) mass is 434 g/mol. The molecule has 26 heavy (non-hydrogen) atoms. The van der Waals surface area contributed by atoms with Crippen LogP contribution in [0.3, 0.4) is 0 Å². The lowest BCUT2D eigenvalue weighted by Crippen LogP contribution is -2.17. The molecule has 0 fully saturated rings. The van der Waals surface area contributed by atoms with Gasteiger partial charge in [-0.2, -0.15) is 0 Å². The molecule has 3 aromatic rings. The first-order chi connectivity index (χ1) is 12.6. The Bertz CT molecular complexity index is 952. The van der Waals surface area contributed by atoms with Crippen LogP contribution in [0.5, 0.6) is 5.75 Å². The van der Waals surface area contributed by atoms with E-state index in [0.29, 0.717) is 23.0 Å². The van der Waals surface area contributed by atoms with Crippen LogP contribution in [-0.4, -0.2) is 29.5 Å². The number of nitrogens with one attached hydrogen (secondary N) is 2. The number of halogens is 2. The Morgan fingerprint density at radius 1 is 1.23 bits per heavy atom. The predicted octanol–water partition coefficient (Wildman–Crippen LogP) is 4.50. The van der Waals surface area contributed by atoms with Crippen molar-refractivity contribution < 1.29 is 9.53 Å². The van der Waals surface area contributed by atoms with Gasteiger partial charge in [0.25, 0.3) is 0 Å². The number of benzene rings is 1. The highest BCUT2D eigenvalue weighted by molar-refractivity contribution is 9.10. The predicted molar refractivity (Wildman–Crippen MR) is 107 cm³/mol. The number of hydrogen-bond donors (Lipinski definition) is 2. The molecule has 0 atom stereocenters. The summed E-state index contributed by atoms with van der Waals surface area (Å²) in [5.74, 6) is 0.415. The molecule has 0 bridgehead atoms. The number of pyridine rings is 2. The van der Waals surface area contributed by atoms with E-state index in [1.165, 1.54) is 0 Å². The van der Waals surface area contributed by atoms with Crippen molar-refractivity contribution in [3.05, 3.63) is 52.2 Å². The molecule has 2 heterocycles. The zero-order chi connectivity index (χ0) is 18.5. The highest BCUT2D eigenvalue weighted by atomic mass is 79.9. The number of fused-ring (bicyclic) bond motifs is 1. The highest BCUT2D eigenvalue weighted by Crippen LogP contribution is 2.27. The van der Waals surface area contributed by atoms with Crippen molar-refractivity contribution in [1.82, 2.24) is 9.97 Å². The van der Waals surface area contributed by atoms with Crippen molar-refractivity contribution in [1.29, 1.82) is 0 Å². The molecule has 1 amide bonds. The highest BCUT2D eigenvalue weighted by Gasteiger charge is 2.09. The van der Waals surface area contributed by atoms with Gasteiger partial charge in [0.1, 0.15) is 11.3 Å². The topological polar surface area (TPSA) is 76.1 Å². The number of amides is 1.